The lowest BCUT2D eigenvalue weighted by Crippen LogP contribution is -2.40. The summed E-state index contributed by atoms with van der Waals surface area (Å²) in [6.45, 7) is 5.24. The normalized spacial score (nSPS) is 17.7. The van der Waals surface area contributed by atoms with Crippen LogP contribution < -0.4 is 5.32 Å². The molecule has 4 heteroatoms. The van der Waals surface area contributed by atoms with Crippen molar-refractivity contribution in [2.75, 3.05) is 26.3 Å². The highest BCUT2D eigenvalue weighted by Gasteiger charge is 2.29. The first-order valence-electron chi connectivity index (χ1n) is 8.50. The third kappa shape index (κ3) is 5.02. The molecule has 1 aliphatic rings. The van der Waals surface area contributed by atoms with Gasteiger partial charge in [-0.3, -0.25) is 0 Å². The molecule has 122 valence electrons. The third-order valence-electron chi connectivity index (χ3n) is 4.08. The van der Waals surface area contributed by atoms with Crippen molar-refractivity contribution in [3.05, 3.63) is 35.9 Å². The molecule has 1 saturated heterocycles. The second-order valence-electron chi connectivity index (χ2n) is 5.81. The zero-order valence-corrected chi connectivity index (χ0v) is 13.6. The van der Waals surface area contributed by atoms with Crippen LogP contribution in [0.2, 0.25) is 0 Å². The Morgan fingerprint density at radius 3 is 2.82 bits per heavy atom. The van der Waals surface area contributed by atoms with Crippen molar-refractivity contribution in [3.63, 3.8) is 0 Å². The number of nitrogens with zero attached hydrogens (tertiary/aromatic N) is 1. The number of carbonyl (C=O) groups excluding carboxylic acids is 1. The minimum atomic E-state index is 0.0555. The van der Waals surface area contributed by atoms with Crippen molar-refractivity contribution < 1.29 is 9.53 Å². The van der Waals surface area contributed by atoms with Gasteiger partial charge in [-0.15, -0.1) is 0 Å². The van der Waals surface area contributed by atoms with E-state index in [4.69, 9.17) is 4.74 Å². The molecule has 1 atom stereocenters. The molecule has 1 fully saturated rings. The van der Waals surface area contributed by atoms with Crippen LogP contribution in [0.5, 0.6) is 0 Å². The number of benzene rings is 1. The SMILES string of the molecule is CCCCOCCCNC(=O)N1CCCC1c1ccccc1. The first-order chi connectivity index (χ1) is 10.8. The van der Waals surface area contributed by atoms with Crippen LogP contribution in [0.4, 0.5) is 4.79 Å². The molecule has 1 aliphatic heterocycles. The van der Waals surface area contributed by atoms with E-state index in [-0.39, 0.29) is 12.1 Å². The molecular formula is C18H28N2O2. The summed E-state index contributed by atoms with van der Waals surface area (Å²) in [6.07, 6.45) is 5.27. The Kier molecular flexibility index (Phi) is 7.23. The molecular weight excluding hydrogens is 276 g/mol. The summed E-state index contributed by atoms with van der Waals surface area (Å²) in [5.74, 6) is 0. The molecule has 0 bridgehead atoms. The van der Waals surface area contributed by atoms with Crippen LogP contribution >= 0.6 is 0 Å². The molecule has 2 amide bonds. The zero-order chi connectivity index (χ0) is 15.6. The molecule has 2 rings (SSSR count). The van der Waals surface area contributed by atoms with Crippen molar-refractivity contribution in [1.29, 1.82) is 0 Å². The number of likely N-dealkylation sites (tertiary alicyclic amines) is 1. The van der Waals surface area contributed by atoms with Crippen molar-refractivity contribution in [2.24, 2.45) is 0 Å². The molecule has 1 heterocycles. The predicted molar refractivity (Wildman–Crippen MR) is 88.9 cm³/mol. The topological polar surface area (TPSA) is 41.6 Å². The quantitative estimate of drug-likeness (QED) is 0.743. The number of rotatable bonds is 8. The van der Waals surface area contributed by atoms with Gasteiger partial charge in [0.2, 0.25) is 0 Å². The zero-order valence-electron chi connectivity index (χ0n) is 13.6. The number of hydrogen-bond donors (Lipinski definition) is 1. The molecule has 1 aromatic carbocycles. The molecule has 4 nitrogen and oxygen atoms in total. The third-order valence-corrected chi connectivity index (χ3v) is 4.08. The van der Waals surface area contributed by atoms with Crippen molar-refractivity contribution in [2.45, 2.75) is 45.1 Å². The van der Waals surface area contributed by atoms with E-state index in [1.165, 1.54) is 5.56 Å². The highest BCUT2D eigenvalue weighted by atomic mass is 16.5. The number of ether oxygens (including phenoxy) is 1. The van der Waals surface area contributed by atoms with E-state index >= 15 is 0 Å². The van der Waals surface area contributed by atoms with Crippen LogP contribution in [0, 0.1) is 0 Å². The number of nitrogens with one attached hydrogen (secondary N) is 1. The molecule has 22 heavy (non-hydrogen) atoms. The van der Waals surface area contributed by atoms with E-state index in [1.54, 1.807) is 0 Å². The van der Waals surface area contributed by atoms with Gasteiger partial charge in [-0.05, 0) is 31.2 Å². The van der Waals surface area contributed by atoms with Gasteiger partial charge in [0, 0.05) is 26.3 Å². The maximum atomic E-state index is 12.3. The standard InChI is InChI=1S/C18H28N2O2/c1-2-3-14-22-15-8-12-19-18(21)20-13-7-11-17(20)16-9-5-4-6-10-16/h4-6,9-10,17H,2-3,7-8,11-15H2,1H3,(H,19,21). The van der Waals surface area contributed by atoms with Gasteiger partial charge in [0.25, 0.3) is 0 Å². The number of hydrogen-bond acceptors (Lipinski definition) is 2. The summed E-state index contributed by atoms with van der Waals surface area (Å²) < 4.78 is 5.51. The highest BCUT2D eigenvalue weighted by Crippen LogP contribution is 2.31. The Bertz CT molecular complexity index is 436. The fourth-order valence-electron chi connectivity index (χ4n) is 2.85. The molecule has 0 radical (unpaired) electrons. The van der Waals surface area contributed by atoms with E-state index in [1.807, 2.05) is 23.1 Å². The van der Waals surface area contributed by atoms with E-state index < -0.39 is 0 Å². The molecule has 1 N–H and O–H groups in total. The van der Waals surface area contributed by atoms with Gasteiger partial charge in [0.05, 0.1) is 6.04 Å². The molecule has 0 spiro atoms. The maximum absolute atomic E-state index is 12.3. The largest absolute Gasteiger partial charge is 0.381 e. The second-order valence-corrected chi connectivity index (χ2v) is 5.81. The lowest BCUT2D eigenvalue weighted by Gasteiger charge is -2.25. The smallest absolute Gasteiger partial charge is 0.317 e. The summed E-state index contributed by atoms with van der Waals surface area (Å²) in [7, 11) is 0. The van der Waals surface area contributed by atoms with Gasteiger partial charge in [-0.25, -0.2) is 4.79 Å². The minimum Gasteiger partial charge on any atom is -0.381 e. The molecule has 0 aliphatic carbocycles. The summed E-state index contributed by atoms with van der Waals surface area (Å²) in [5, 5.41) is 3.02. The Morgan fingerprint density at radius 2 is 2.05 bits per heavy atom. The average molecular weight is 304 g/mol. The lowest BCUT2D eigenvalue weighted by molar-refractivity contribution is 0.128. The maximum Gasteiger partial charge on any atom is 0.317 e. The van der Waals surface area contributed by atoms with Gasteiger partial charge < -0.3 is 15.0 Å². The second kappa shape index (κ2) is 9.46. The van der Waals surface area contributed by atoms with Crippen LogP contribution in [0.25, 0.3) is 0 Å². The Morgan fingerprint density at radius 1 is 1.27 bits per heavy atom. The van der Waals surface area contributed by atoms with Crippen molar-refractivity contribution in [3.8, 4) is 0 Å². The van der Waals surface area contributed by atoms with Crippen LogP contribution in [-0.2, 0) is 4.74 Å². The van der Waals surface area contributed by atoms with E-state index in [2.05, 4.69) is 24.4 Å². The Balaban J connectivity index is 1.70. The van der Waals surface area contributed by atoms with Crippen molar-refractivity contribution >= 4 is 6.03 Å². The van der Waals surface area contributed by atoms with E-state index in [9.17, 15) is 4.79 Å². The molecule has 1 aromatic rings. The fraction of sp³-hybridized carbons (Fsp3) is 0.611. The first-order valence-corrected chi connectivity index (χ1v) is 8.50. The van der Waals surface area contributed by atoms with Gasteiger partial charge in [0.15, 0.2) is 0 Å². The van der Waals surface area contributed by atoms with Crippen LogP contribution in [-0.4, -0.2) is 37.2 Å². The van der Waals surface area contributed by atoms with Crippen molar-refractivity contribution in [1.82, 2.24) is 10.2 Å². The molecule has 0 aromatic heterocycles. The Labute approximate surface area is 133 Å². The summed E-state index contributed by atoms with van der Waals surface area (Å²) in [5.41, 5.74) is 1.23. The Hall–Kier alpha value is -1.55. The fourth-order valence-corrected chi connectivity index (χ4v) is 2.85. The summed E-state index contributed by atoms with van der Waals surface area (Å²) in [4.78, 5) is 14.3. The molecule has 0 saturated carbocycles. The predicted octanol–water partition coefficient (Wildman–Crippen LogP) is 3.74. The van der Waals surface area contributed by atoms with Crippen LogP contribution in [0.1, 0.15) is 50.6 Å². The van der Waals surface area contributed by atoms with Gasteiger partial charge in [-0.2, -0.15) is 0 Å². The average Bonchev–Trinajstić information content (AvgIpc) is 3.04. The minimum absolute atomic E-state index is 0.0555. The first kappa shape index (κ1) is 16.8. The number of amides is 2. The monoisotopic (exact) mass is 304 g/mol. The van der Waals surface area contributed by atoms with Gasteiger partial charge >= 0.3 is 6.03 Å². The van der Waals surface area contributed by atoms with E-state index in [0.717, 1.165) is 51.9 Å². The number of urea groups is 1. The van der Waals surface area contributed by atoms with Crippen LogP contribution in [0.15, 0.2) is 30.3 Å². The molecule has 1 unspecified atom stereocenters. The lowest BCUT2D eigenvalue weighted by atomic mass is 10.1. The van der Waals surface area contributed by atoms with E-state index in [0.29, 0.717) is 6.54 Å². The highest BCUT2D eigenvalue weighted by molar-refractivity contribution is 5.75. The summed E-state index contributed by atoms with van der Waals surface area (Å²) >= 11 is 0. The van der Waals surface area contributed by atoms with Gasteiger partial charge in [0.1, 0.15) is 0 Å². The number of unbranched alkanes of at least 4 members (excludes halogenated alkanes) is 1. The van der Waals surface area contributed by atoms with Gasteiger partial charge in [-0.1, -0.05) is 43.7 Å². The van der Waals surface area contributed by atoms with Crippen LogP contribution in [0.3, 0.4) is 0 Å². The number of carbonyl (C=O) groups is 1. The summed E-state index contributed by atoms with van der Waals surface area (Å²) in [6, 6.07) is 10.6.